The molecule has 0 bridgehead atoms. The molecule has 0 saturated carbocycles. The number of benzene rings is 2. The number of hydrogen-bond donors (Lipinski definition) is 0. The van der Waals surface area contributed by atoms with E-state index in [0.29, 0.717) is 5.56 Å². The molecule has 0 unspecified atom stereocenters. The minimum Gasteiger partial charge on any atom is -0.497 e. The molecule has 0 aliphatic carbocycles. The Bertz CT molecular complexity index is 589. The van der Waals surface area contributed by atoms with E-state index in [1.54, 1.807) is 61.7 Å². The fourth-order valence-electron chi connectivity index (χ4n) is 1.71. The Morgan fingerprint density at radius 3 is 2.26 bits per heavy atom. The topological polar surface area (TPSA) is 52.4 Å². The fraction of sp³-hybridized carbons (Fsp3) is 0.0667. The Morgan fingerprint density at radius 2 is 1.74 bits per heavy atom. The molecule has 0 heterocycles. The summed E-state index contributed by atoms with van der Waals surface area (Å²) in [7, 11) is 1.58. The predicted molar refractivity (Wildman–Crippen MR) is 74.3 cm³/mol. The molecule has 4 nitrogen and oxygen atoms in total. The molecule has 19 heavy (non-hydrogen) atoms. The number of methoxy groups -OCH3 is 1. The molecule has 0 aliphatic heterocycles. The van der Waals surface area contributed by atoms with E-state index in [0.717, 1.165) is 11.3 Å². The number of nitrogens with zero attached hydrogens (tertiary/aromatic N) is 1. The Kier molecular flexibility index (Phi) is 3.93. The number of nitro groups is 1. The first-order chi connectivity index (χ1) is 9.20. The monoisotopic (exact) mass is 255 g/mol. The smallest absolute Gasteiger partial charge is 0.277 e. The lowest BCUT2D eigenvalue weighted by atomic mass is 10.1. The van der Waals surface area contributed by atoms with Gasteiger partial charge in [-0.15, -0.1) is 0 Å². The van der Waals surface area contributed by atoms with E-state index in [9.17, 15) is 10.1 Å². The number of ether oxygens (including phenoxy) is 1. The third-order valence-corrected chi connectivity index (χ3v) is 2.69. The third kappa shape index (κ3) is 3.19. The number of hydrogen-bond acceptors (Lipinski definition) is 3. The molecule has 0 radical (unpaired) electrons. The molecule has 0 aromatic heterocycles. The van der Waals surface area contributed by atoms with Gasteiger partial charge in [-0.25, -0.2) is 0 Å². The van der Waals surface area contributed by atoms with Crippen LogP contribution in [-0.4, -0.2) is 12.0 Å². The molecule has 0 atom stereocenters. The molecule has 2 aromatic carbocycles. The van der Waals surface area contributed by atoms with Crippen molar-refractivity contribution >= 4 is 11.8 Å². The second-order valence-corrected chi connectivity index (χ2v) is 3.93. The zero-order chi connectivity index (χ0) is 13.7. The van der Waals surface area contributed by atoms with Crippen LogP contribution in [0.5, 0.6) is 5.75 Å². The van der Waals surface area contributed by atoms with Crippen LogP contribution in [-0.2, 0) is 0 Å². The molecule has 0 amide bonds. The van der Waals surface area contributed by atoms with Crippen LogP contribution in [0.15, 0.2) is 54.6 Å². The molecule has 0 saturated heterocycles. The quantitative estimate of drug-likeness (QED) is 0.477. The molecule has 0 fully saturated rings. The standard InChI is InChI=1S/C15H13NO3/c1-19-14-9-7-12(8-10-14)11-15(16(17)18)13-5-3-2-4-6-13/h2-11H,1H3/b15-11+. The van der Waals surface area contributed by atoms with E-state index < -0.39 is 0 Å². The average Bonchev–Trinajstić information content (AvgIpc) is 2.46. The van der Waals surface area contributed by atoms with Crippen molar-refractivity contribution in [3.63, 3.8) is 0 Å². The summed E-state index contributed by atoms with van der Waals surface area (Å²) in [6, 6.07) is 15.9. The van der Waals surface area contributed by atoms with Gasteiger partial charge < -0.3 is 4.74 Å². The molecule has 2 aromatic rings. The minimum atomic E-state index is -0.375. The zero-order valence-electron chi connectivity index (χ0n) is 10.4. The van der Waals surface area contributed by atoms with Crippen molar-refractivity contribution in [1.82, 2.24) is 0 Å². The molecule has 4 heteroatoms. The first-order valence-corrected chi connectivity index (χ1v) is 5.76. The predicted octanol–water partition coefficient (Wildman–Crippen LogP) is 3.47. The van der Waals surface area contributed by atoms with E-state index in [2.05, 4.69) is 0 Å². The molecular weight excluding hydrogens is 242 g/mol. The first kappa shape index (κ1) is 12.8. The number of rotatable bonds is 4. The van der Waals surface area contributed by atoms with Gasteiger partial charge in [0.25, 0.3) is 5.70 Å². The van der Waals surface area contributed by atoms with Crippen molar-refractivity contribution in [3.05, 3.63) is 75.8 Å². The third-order valence-electron chi connectivity index (χ3n) is 2.69. The summed E-state index contributed by atoms with van der Waals surface area (Å²) >= 11 is 0. The zero-order valence-corrected chi connectivity index (χ0v) is 10.4. The van der Waals surface area contributed by atoms with Crippen molar-refractivity contribution < 1.29 is 9.66 Å². The van der Waals surface area contributed by atoms with Crippen molar-refractivity contribution in [1.29, 1.82) is 0 Å². The van der Waals surface area contributed by atoms with Gasteiger partial charge in [0, 0.05) is 6.08 Å². The van der Waals surface area contributed by atoms with E-state index in [1.165, 1.54) is 0 Å². The van der Waals surface area contributed by atoms with Gasteiger partial charge in [-0.1, -0.05) is 30.3 Å². The van der Waals surface area contributed by atoms with Gasteiger partial charge in [0.05, 0.1) is 17.6 Å². The first-order valence-electron chi connectivity index (χ1n) is 5.76. The maximum atomic E-state index is 11.1. The highest BCUT2D eigenvalue weighted by Gasteiger charge is 2.13. The van der Waals surface area contributed by atoms with Crippen LogP contribution in [0.4, 0.5) is 0 Å². The van der Waals surface area contributed by atoms with Gasteiger partial charge in [-0.05, 0) is 29.8 Å². The van der Waals surface area contributed by atoms with Crippen molar-refractivity contribution in [3.8, 4) is 5.75 Å². The van der Waals surface area contributed by atoms with Crippen LogP contribution in [0.1, 0.15) is 11.1 Å². The maximum Gasteiger partial charge on any atom is 0.277 e. The van der Waals surface area contributed by atoms with Gasteiger partial charge in [-0.2, -0.15) is 0 Å². The van der Waals surface area contributed by atoms with Crippen molar-refractivity contribution in [2.75, 3.05) is 7.11 Å². The van der Waals surface area contributed by atoms with E-state index in [1.807, 2.05) is 6.07 Å². The summed E-state index contributed by atoms with van der Waals surface area (Å²) < 4.78 is 5.05. The van der Waals surface area contributed by atoms with Gasteiger partial charge in [-0.3, -0.25) is 10.1 Å². The van der Waals surface area contributed by atoms with Crippen LogP contribution >= 0.6 is 0 Å². The summed E-state index contributed by atoms with van der Waals surface area (Å²) in [5, 5.41) is 11.1. The lowest BCUT2D eigenvalue weighted by Crippen LogP contribution is -1.97. The lowest BCUT2D eigenvalue weighted by molar-refractivity contribution is -0.374. The summed E-state index contributed by atoms with van der Waals surface area (Å²) in [5.41, 5.74) is 1.42. The van der Waals surface area contributed by atoms with Gasteiger partial charge in [0.1, 0.15) is 5.75 Å². The summed E-state index contributed by atoms with van der Waals surface area (Å²) in [4.78, 5) is 10.8. The fourth-order valence-corrected chi connectivity index (χ4v) is 1.71. The Morgan fingerprint density at radius 1 is 1.11 bits per heavy atom. The SMILES string of the molecule is COc1ccc(/C=C(\c2ccccc2)[N+](=O)[O-])cc1. The summed E-state index contributed by atoms with van der Waals surface area (Å²) in [6.07, 6.45) is 1.55. The second kappa shape index (κ2) is 5.82. The van der Waals surface area contributed by atoms with Gasteiger partial charge in [0.15, 0.2) is 0 Å². The van der Waals surface area contributed by atoms with Crippen molar-refractivity contribution in [2.45, 2.75) is 0 Å². The van der Waals surface area contributed by atoms with Gasteiger partial charge in [0.2, 0.25) is 0 Å². The van der Waals surface area contributed by atoms with Crippen LogP contribution in [0, 0.1) is 10.1 Å². The Balaban J connectivity index is 2.38. The molecule has 0 aliphatic rings. The van der Waals surface area contributed by atoms with Crippen LogP contribution in [0.3, 0.4) is 0 Å². The van der Waals surface area contributed by atoms with Crippen molar-refractivity contribution in [2.24, 2.45) is 0 Å². The molecule has 2 rings (SSSR count). The molecular formula is C15H13NO3. The second-order valence-electron chi connectivity index (χ2n) is 3.93. The largest absolute Gasteiger partial charge is 0.497 e. The van der Waals surface area contributed by atoms with Gasteiger partial charge >= 0.3 is 0 Å². The Labute approximate surface area is 111 Å². The van der Waals surface area contributed by atoms with E-state index in [-0.39, 0.29) is 10.6 Å². The molecule has 0 spiro atoms. The molecule has 96 valence electrons. The lowest BCUT2D eigenvalue weighted by Gasteiger charge is -2.01. The van der Waals surface area contributed by atoms with Crippen LogP contribution < -0.4 is 4.74 Å². The maximum absolute atomic E-state index is 11.1. The highest BCUT2D eigenvalue weighted by atomic mass is 16.6. The van der Waals surface area contributed by atoms with E-state index >= 15 is 0 Å². The normalized spacial score (nSPS) is 11.1. The average molecular weight is 255 g/mol. The minimum absolute atomic E-state index is 0.0748. The van der Waals surface area contributed by atoms with Crippen LogP contribution in [0.2, 0.25) is 0 Å². The Hall–Kier alpha value is -2.62. The van der Waals surface area contributed by atoms with E-state index in [4.69, 9.17) is 4.74 Å². The summed E-state index contributed by atoms with van der Waals surface area (Å²) in [6.45, 7) is 0. The highest BCUT2D eigenvalue weighted by Crippen LogP contribution is 2.20. The highest BCUT2D eigenvalue weighted by molar-refractivity contribution is 5.76. The summed E-state index contributed by atoms with van der Waals surface area (Å²) in [5.74, 6) is 0.722. The van der Waals surface area contributed by atoms with Crippen LogP contribution in [0.25, 0.3) is 11.8 Å². The molecule has 0 N–H and O–H groups in total.